The normalized spacial score (nSPS) is 15.0. The van der Waals surface area contributed by atoms with Gasteiger partial charge in [-0.15, -0.1) is 0 Å². The fourth-order valence-electron chi connectivity index (χ4n) is 1.85. The van der Waals surface area contributed by atoms with Crippen molar-refractivity contribution >= 4 is 5.97 Å². The van der Waals surface area contributed by atoms with Crippen LogP contribution in [0, 0.1) is 0 Å². The number of aromatic nitrogens is 2. The van der Waals surface area contributed by atoms with Gasteiger partial charge in [-0.2, -0.15) is 18.3 Å². The SMILES string of the molecule is FC(F)(F)c1ccnn1C1CCC1.O=C(O)c1ccoc1. The zero-order valence-corrected chi connectivity index (χ0v) is 10.9. The van der Waals surface area contributed by atoms with Crippen LogP contribution in [0.4, 0.5) is 13.2 Å². The highest BCUT2D eigenvalue weighted by Crippen LogP contribution is 2.36. The Kier molecular flexibility index (Phi) is 4.35. The molecule has 0 amide bonds. The molecule has 1 aliphatic carbocycles. The largest absolute Gasteiger partial charge is 0.478 e. The molecule has 0 aromatic carbocycles. The second-order valence-corrected chi connectivity index (χ2v) is 4.56. The second kappa shape index (κ2) is 6.02. The first kappa shape index (κ1) is 15.1. The summed E-state index contributed by atoms with van der Waals surface area (Å²) in [7, 11) is 0. The molecule has 5 nitrogen and oxygen atoms in total. The molecule has 0 saturated heterocycles. The quantitative estimate of drug-likeness (QED) is 0.920. The number of carboxylic acids is 1. The van der Waals surface area contributed by atoms with Crippen molar-refractivity contribution in [3.63, 3.8) is 0 Å². The lowest BCUT2D eigenvalue weighted by molar-refractivity contribution is -0.145. The average molecular weight is 302 g/mol. The van der Waals surface area contributed by atoms with Crippen LogP contribution in [0.25, 0.3) is 0 Å². The lowest BCUT2D eigenvalue weighted by Crippen LogP contribution is -2.23. The number of carboxylic acid groups (broad SMARTS) is 1. The minimum absolute atomic E-state index is 0.0355. The van der Waals surface area contributed by atoms with Gasteiger partial charge in [0.2, 0.25) is 0 Å². The lowest BCUT2D eigenvalue weighted by Gasteiger charge is -2.27. The van der Waals surface area contributed by atoms with E-state index in [2.05, 4.69) is 9.52 Å². The molecular formula is C13H13F3N2O3. The first-order chi connectivity index (χ1) is 9.89. The lowest BCUT2D eigenvalue weighted by atomic mass is 9.93. The van der Waals surface area contributed by atoms with Crippen molar-refractivity contribution in [3.8, 4) is 0 Å². The highest BCUT2D eigenvalue weighted by atomic mass is 19.4. The van der Waals surface area contributed by atoms with E-state index in [9.17, 15) is 18.0 Å². The predicted octanol–water partition coefficient (Wildman–Crippen LogP) is 3.60. The van der Waals surface area contributed by atoms with E-state index in [4.69, 9.17) is 5.11 Å². The molecule has 2 aromatic heterocycles. The van der Waals surface area contributed by atoms with E-state index in [-0.39, 0.29) is 11.6 Å². The van der Waals surface area contributed by atoms with Gasteiger partial charge in [-0.1, -0.05) is 0 Å². The standard InChI is InChI=1S/C8H9F3N2.C5H4O3/c9-8(10,11)7-4-5-12-13(7)6-2-1-3-6;6-5(7)4-1-2-8-3-4/h4-6H,1-3H2;1-3H,(H,6,7). The van der Waals surface area contributed by atoms with Crippen LogP contribution in [0.5, 0.6) is 0 Å². The van der Waals surface area contributed by atoms with Crippen LogP contribution in [0.15, 0.2) is 35.3 Å². The number of rotatable bonds is 2. The predicted molar refractivity (Wildman–Crippen MR) is 65.8 cm³/mol. The van der Waals surface area contributed by atoms with E-state index in [0.717, 1.165) is 30.0 Å². The summed E-state index contributed by atoms with van der Waals surface area (Å²) in [6.07, 6.45) is 2.07. The molecule has 0 aliphatic heterocycles. The molecule has 0 spiro atoms. The molecule has 1 N–H and O–H groups in total. The van der Waals surface area contributed by atoms with Gasteiger partial charge >= 0.3 is 12.1 Å². The molecule has 2 aromatic rings. The molecule has 0 atom stereocenters. The van der Waals surface area contributed by atoms with Gasteiger partial charge in [-0.25, -0.2) is 4.79 Å². The highest BCUT2D eigenvalue weighted by molar-refractivity contribution is 5.86. The van der Waals surface area contributed by atoms with Crippen molar-refractivity contribution in [2.24, 2.45) is 0 Å². The van der Waals surface area contributed by atoms with Crippen molar-refractivity contribution in [3.05, 3.63) is 42.1 Å². The van der Waals surface area contributed by atoms with Gasteiger partial charge in [-0.3, -0.25) is 4.68 Å². The third kappa shape index (κ3) is 3.65. The molecular weight excluding hydrogens is 289 g/mol. The Bertz CT molecular complexity index is 586. The fraction of sp³-hybridized carbons (Fsp3) is 0.385. The maximum Gasteiger partial charge on any atom is 0.433 e. The Morgan fingerprint density at radius 2 is 2.10 bits per heavy atom. The van der Waals surface area contributed by atoms with E-state index in [1.54, 1.807) is 0 Å². The highest BCUT2D eigenvalue weighted by Gasteiger charge is 2.37. The van der Waals surface area contributed by atoms with E-state index < -0.39 is 17.8 Å². The Hall–Kier alpha value is -2.25. The summed E-state index contributed by atoms with van der Waals surface area (Å²) >= 11 is 0. The number of furan rings is 1. The van der Waals surface area contributed by atoms with Crippen LogP contribution in [-0.2, 0) is 6.18 Å². The number of aromatic carboxylic acids is 1. The van der Waals surface area contributed by atoms with E-state index in [1.807, 2.05) is 0 Å². The van der Waals surface area contributed by atoms with Crippen LogP contribution in [-0.4, -0.2) is 20.9 Å². The Balaban J connectivity index is 0.000000173. The number of hydrogen-bond acceptors (Lipinski definition) is 3. The minimum atomic E-state index is -4.27. The molecule has 1 fully saturated rings. The number of alkyl halides is 3. The summed E-state index contributed by atoms with van der Waals surface area (Å²) in [6, 6.07) is 2.38. The summed E-state index contributed by atoms with van der Waals surface area (Å²) < 4.78 is 42.6. The van der Waals surface area contributed by atoms with E-state index in [0.29, 0.717) is 0 Å². The zero-order valence-electron chi connectivity index (χ0n) is 10.9. The van der Waals surface area contributed by atoms with Crippen molar-refractivity contribution in [2.75, 3.05) is 0 Å². The molecule has 8 heteroatoms. The zero-order chi connectivity index (χ0) is 15.5. The second-order valence-electron chi connectivity index (χ2n) is 4.56. The number of nitrogens with zero attached hydrogens (tertiary/aromatic N) is 2. The van der Waals surface area contributed by atoms with Crippen LogP contribution in [0.1, 0.15) is 41.4 Å². The molecule has 114 valence electrons. The van der Waals surface area contributed by atoms with Gasteiger partial charge < -0.3 is 9.52 Å². The van der Waals surface area contributed by atoms with Crippen LogP contribution in [0.2, 0.25) is 0 Å². The first-order valence-electron chi connectivity index (χ1n) is 6.26. The smallest absolute Gasteiger partial charge is 0.433 e. The topological polar surface area (TPSA) is 68.3 Å². The maximum atomic E-state index is 12.3. The minimum Gasteiger partial charge on any atom is -0.478 e. The molecule has 0 unspecified atom stereocenters. The van der Waals surface area contributed by atoms with Crippen molar-refractivity contribution in [2.45, 2.75) is 31.5 Å². The van der Waals surface area contributed by atoms with E-state index in [1.165, 1.54) is 24.8 Å². The monoisotopic (exact) mass is 302 g/mol. The van der Waals surface area contributed by atoms with Crippen LogP contribution < -0.4 is 0 Å². The Morgan fingerprint density at radius 1 is 1.38 bits per heavy atom. The molecule has 0 radical (unpaired) electrons. The summed E-state index contributed by atoms with van der Waals surface area (Å²) in [4.78, 5) is 10.0. The van der Waals surface area contributed by atoms with Crippen molar-refractivity contribution in [1.82, 2.24) is 9.78 Å². The van der Waals surface area contributed by atoms with Gasteiger partial charge in [0.25, 0.3) is 0 Å². The maximum absolute atomic E-state index is 12.3. The van der Waals surface area contributed by atoms with Crippen molar-refractivity contribution < 1.29 is 27.5 Å². The van der Waals surface area contributed by atoms with Gasteiger partial charge in [0.05, 0.1) is 17.9 Å². The number of carbonyl (C=O) groups is 1. The van der Waals surface area contributed by atoms with Crippen molar-refractivity contribution in [1.29, 1.82) is 0 Å². The first-order valence-corrected chi connectivity index (χ1v) is 6.26. The van der Waals surface area contributed by atoms with E-state index >= 15 is 0 Å². The summed E-state index contributed by atoms with van der Waals surface area (Å²) in [6.45, 7) is 0. The molecule has 0 bridgehead atoms. The molecule has 2 heterocycles. The third-order valence-electron chi connectivity index (χ3n) is 3.15. The number of hydrogen-bond donors (Lipinski definition) is 1. The summed E-state index contributed by atoms with van der Waals surface area (Å²) in [5.41, 5.74) is -0.442. The summed E-state index contributed by atoms with van der Waals surface area (Å²) in [5, 5.41) is 11.9. The number of halogens is 3. The van der Waals surface area contributed by atoms with Gasteiger partial charge in [0.15, 0.2) is 0 Å². The van der Waals surface area contributed by atoms with Crippen LogP contribution >= 0.6 is 0 Å². The Morgan fingerprint density at radius 3 is 2.48 bits per heavy atom. The fourth-order valence-corrected chi connectivity index (χ4v) is 1.85. The summed E-state index contributed by atoms with van der Waals surface area (Å²) in [5.74, 6) is -0.959. The third-order valence-corrected chi connectivity index (χ3v) is 3.15. The van der Waals surface area contributed by atoms with Crippen LogP contribution in [0.3, 0.4) is 0 Å². The Labute approximate surface area is 118 Å². The average Bonchev–Trinajstić information content (AvgIpc) is 2.96. The molecule has 3 rings (SSSR count). The van der Waals surface area contributed by atoms with Gasteiger partial charge in [0.1, 0.15) is 12.0 Å². The van der Waals surface area contributed by atoms with Gasteiger partial charge in [-0.05, 0) is 31.4 Å². The molecule has 1 aliphatic rings. The molecule has 1 saturated carbocycles. The van der Waals surface area contributed by atoms with Gasteiger partial charge in [0, 0.05) is 6.20 Å². The molecule has 21 heavy (non-hydrogen) atoms.